The Bertz CT molecular complexity index is 521. The average Bonchev–Trinajstić information content (AvgIpc) is 2.47. The summed E-state index contributed by atoms with van der Waals surface area (Å²) in [4.78, 5) is 2.78. The van der Waals surface area contributed by atoms with Crippen LogP contribution in [0.15, 0.2) is 18.2 Å². The van der Waals surface area contributed by atoms with Crippen molar-refractivity contribution in [2.45, 2.75) is 31.9 Å². The van der Waals surface area contributed by atoms with Crippen LogP contribution in [0.2, 0.25) is 0 Å². The number of hydrogen-bond donors (Lipinski definition) is 1. The van der Waals surface area contributed by atoms with E-state index < -0.39 is 0 Å². The van der Waals surface area contributed by atoms with Crippen molar-refractivity contribution >= 4 is 17.2 Å². The second-order valence-electron chi connectivity index (χ2n) is 5.87. The van der Waals surface area contributed by atoms with Crippen LogP contribution in [0.4, 0.5) is 0 Å². The Morgan fingerprint density at radius 1 is 1.43 bits per heavy atom. The summed E-state index contributed by atoms with van der Waals surface area (Å²) in [5.41, 5.74) is 7.65. The number of nitrogens with zero attached hydrogens (tertiary/aromatic N) is 1. The predicted molar refractivity (Wildman–Crippen MR) is 88.8 cm³/mol. The maximum atomic E-state index is 5.70. The molecule has 0 bridgehead atoms. The number of hydrogen-bond acceptors (Lipinski definition) is 4. The van der Waals surface area contributed by atoms with Gasteiger partial charge in [-0.25, -0.2) is 0 Å². The third kappa shape index (κ3) is 3.93. The highest BCUT2D eigenvalue weighted by Gasteiger charge is 2.30. The molecule has 21 heavy (non-hydrogen) atoms. The Labute approximate surface area is 132 Å². The number of ether oxygens (including phenoxy) is 2. The summed E-state index contributed by atoms with van der Waals surface area (Å²) >= 11 is 5.04. The van der Waals surface area contributed by atoms with Gasteiger partial charge in [0.05, 0.1) is 18.3 Å². The summed E-state index contributed by atoms with van der Waals surface area (Å²) in [6.45, 7) is 5.10. The number of rotatable bonds is 5. The molecule has 1 aromatic carbocycles. The van der Waals surface area contributed by atoms with Crippen molar-refractivity contribution in [2.75, 3.05) is 27.3 Å². The summed E-state index contributed by atoms with van der Waals surface area (Å²) < 4.78 is 11.0. The Balaban J connectivity index is 2.11. The molecule has 1 heterocycles. The fourth-order valence-corrected chi connectivity index (χ4v) is 3.07. The van der Waals surface area contributed by atoms with E-state index in [9.17, 15) is 0 Å². The van der Waals surface area contributed by atoms with Gasteiger partial charge in [0.1, 0.15) is 10.7 Å². The third-order valence-corrected chi connectivity index (χ3v) is 4.39. The Hall–Kier alpha value is -1.17. The summed E-state index contributed by atoms with van der Waals surface area (Å²) in [5, 5.41) is 0. The SMILES string of the molecule is COc1cc(CN2CCCC(C)(OC)C2)ccc1C(N)=S. The van der Waals surface area contributed by atoms with E-state index in [1.165, 1.54) is 5.56 Å². The first-order valence-electron chi connectivity index (χ1n) is 7.21. The topological polar surface area (TPSA) is 47.7 Å². The highest BCUT2D eigenvalue weighted by atomic mass is 32.1. The summed E-state index contributed by atoms with van der Waals surface area (Å²) in [7, 11) is 3.44. The lowest BCUT2D eigenvalue weighted by molar-refractivity contribution is -0.0527. The molecule has 1 fully saturated rings. The molecule has 1 saturated heterocycles. The molecule has 1 aromatic rings. The quantitative estimate of drug-likeness (QED) is 0.846. The van der Waals surface area contributed by atoms with Gasteiger partial charge in [-0.05, 0) is 44.0 Å². The standard InChI is InChI=1S/C16H24N2O2S/c1-16(20-3)7-4-8-18(11-16)10-12-5-6-13(15(17)21)14(9-12)19-2/h5-6,9H,4,7-8,10-11H2,1-3H3,(H2,17,21). The number of benzene rings is 1. The molecule has 4 nitrogen and oxygen atoms in total. The molecular formula is C16H24N2O2S. The highest BCUT2D eigenvalue weighted by molar-refractivity contribution is 7.80. The first-order chi connectivity index (χ1) is 9.97. The number of thiocarbonyl (C=S) groups is 1. The van der Waals surface area contributed by atoms with Gasteiger partial charge in [-0.3, -0.25) is 4.90 Å². The van der Waals surface area contributed by atoms with Crippen LogP contribution in [0, 0.1) is 0 Å². The van der Waals surface area contributed by atoms with Crippen molar-refractivity contribution in [3.8, 4) is 5.75 Å². The minimum Gasteiger partial charge on any atom is -0.496 e. The fraction of sp³-hybridized carbons (Fsp3) is 0.562. The first-order valence-corrected chi connectivity index (χ1v) is 7.62. The van der Waals surface area contributed by atoms with Crippen molar-refractivity contribution in [3.63, 3.8) is 0 Å². The molecule has 0 spiro atoms. The van der Waals surface area contributed by atoms with E-state index in [4.69, 9.17) is 27.4 Å². The van der Waals surface area contributed by atoms with Crippen molar-refractivity contribution in [3.05, 3.63) is 29.3 Å². The molecule has 0 aromatic heterocycles. The van der Waals surface area contributed by atoms with E-state index in [0.717, 1.165) is 43.8 Å². The number of piperidine rings is 1. The van der Waals surface area contributed by atoms with Gasteiger partial charge < -0.3 is 15.2 Å². The maximum Gasteiger partial charge on any atom is 0.129 e. The van der Waals surface area contributed by atoms with Gasteiger partial charge in [-0.2, -0.15) is 0 Å². The summed E-state index contributed by atoms with van der Waals surface area (Å²) in [6, 6.07) is 6.03. The smallest absolute Gasteiger partial charge is 0.129 e. The molecule has 0 amide bonds. The van der Waals surface area contributed by atoms with Crippen LogP contribution in [0.3, 0.4) is 0 Å². The van der Waals surface area contributed by atoms with E-state index in [1.54, 1.807) is 14.2 Å². The molecule has 1 aliphatic heterocycles. The van der Waals surface area contributed by atoms with Crippen molar-refractivity contribution in [1.29, 1.82) is 0 Å². The zero-order chi connectivity index (χ0) is 15.5. The molecule has 2 N–H and O–H groups in total. The van der Waals surface area contributed by atoms with E-state index in [0.29, 0.717) is 4.99 Å². The first kappa shape index (κ1) is 16.2. The highest BCUT2D eigenvalue weighted by Crippen LogP contribution is 2.26. The van der Waals surface area contributed by atoms with E-state index in [1.807, 2.05) is 12.1 Å². The molecule has 1 unspecified atom stereocenters. The maximum absolute atomic E-state index is 5.70. The lowest BCUT2D eigenvalue weighted by Gasteiger charge is -2.39. The van der Waals surface area contributed by atoms with E-state index in [-0.39, 0.29) is 5.60 Å². The number of nitrogens with two attached hydrogens (primary N) is 1. The summed E-state index contributed by atoms with van der Waals surface area (Å²) in [6.07, 6.45) is 2.27. The van der Waals surface area contributed by atoms with Gasteiger partial charge in [0.2, 0.25) is 0 Å². The number of likely N-dealkylation sites (tertiary alicyclic amines) is 1. The zero-order valence-corrected chi connectivity index (χ0v) is 13.8. The second kappa shape index (κ2) is 6.73. The normalized spacial score (nSPS) is 23.0. The Morgan fingerprint density at radius 3 is 2.81 bits per heavy atom. The van der Waals surface area contributed by atoms with Crippen molar-refractivity contribution in [2.24, 2.45) is 5.73 Å². The molecule has 0 saturated carbocycles. The number of methoxy groups -OCH3 is 2. The molecule has 1 atom stereocenters. The molecule has 5 heteroatoms. The van der Waals surface area contributed by atoms with Crippen LogP contribution in [0.5, 0.6) is 5.75 Å². The lowest BCUT2D eigenvalue weighted by Crippen LogP contribution is -2.46. The largest absolute Gasteiger partial charge is 0.496 e. The molecule has 0 aliphatic carbocycles. The molecule has 2 rings (SSSR count). The Morgan fingerprint density at radius 2 is 2.19 bits per heavy atom. The monoisotopic (exact) mass is 308 g/mol. The van der Waals surface area contributed by atoms with Crippen molar-refractivity contribution in [1.82, 2.24) is 4.90 Å². The van der Waals surface area contributed by atoms with Crippen LogP contribution in [-0.2, 0) is 11.3 Å². The van der Waals surface area contributed by atoms with Gasteiger partial charge in [0, 0.05) is 20.2 Å². The molecule has 0 radical (unpaired) electrons. The fourth-order valence-electron chi connectivity index (χ4n) is 2.91. The van der Waals surface area contributed by atoms with Crippen LogP contribution in [-0.4, -0.2) is 42.8 Å². The van der Waals surface area contributed by atoms with Gasteiger partial charge in [-0.1, -0.05) is 18.3 Å². The van der Waals surface area contributed by atoms with Crippen molar-refractivity contribution < 1.29 is 9.47 Å². The average molecular weight is 308 g/mol. The second-order valence-corrected chi connectivity index (χ2v) is 6.31. The van der Waals surface area contributed by atoms with Gasteiger partial charge in [0.25, 0.3) is 0 Å². The van der Waals surface area contributed by atoms with E-state index >= 15 is 0 Å². The van der Waals surface area contributed by atoms with E-state index in [2.05, 4.69) is 17.9 Å². The molecular weight excluding hydrogens is 284 g/mol. The molecule has 1 aliphatic rings. The summed E-state index contributed by atoms with van der Waals surface area (Å²) in [5.74, 6) is 0.742. The predicted octanol–water partition coefficient (Wildman–Crippen LogP) is 2.33. The zero-order valence-electron chi connectivity index (χ0n) is 13.0. The van der Waals surface area contributed by atoms with Gasteiger partial charge in [-0.15, -0.1) is 0 Å². The van der Waals surface area contributed by atoms with Crippen LogP contribution < -0.4 is 10.5 Å². The minimum atomic E-state index is -0.0406. The van der Waals surface area contributed by atoms with Crippen LogP contribution >= 0.6 is 12.2 Å². The van der Waals surface area contributed by atoms with Gasteiger partial charge >= 0.3 is 0 Å². The lowest BCUT2D eigenvalue weighted by atomic mass is 9.94. The molecule has 116 valence electrons. The minimum absolute atomic E-state index is 0.0406. The Kier molecular flexibility index (Phi) is 5.19. The van der Waals surface area contributed by atoms with Crippen LogP contribution in [0.1, 0.15) is 30.9 Å². The third-order valence-electron chi connectivity index (χ3n) is 4.17. The van der Waals surface area contributed by atoms with Crippen LogP contribution in [0.25, 0.3) is 0 Å². The van der Waals surface area contributed by atoms with Gasteiger partial charge in [0.15, 0.2) is 0 Å².